The van der Waals surface area contributed by atoms with Crippen molar-refractivity contribution in [2.45, 2.75) is 26.0 Å². The molecule has 1 unspecified atom stereocenters. The van der Waals surface area contributed by atoms with Gasteiger partial charge in [-0.05, 0) is 31.2 Å². The summed E-state index contributed by atoms with van der Waals surface area (Å²) in [5, 5.41) is 3.06. The van der Waals surface area contributed by atoms with E-state index < -0.39 is 0 Å². The fourth-order valence-electron chi connectivity index (χ4n) is 2.89. The molecule has 0 radical (unpaired) electrons. The van der Waals surface area contributed by atoms with Gasteiger partial charge in [-0.15, -0.1) is 0 Å². The van der Waals surface area contributed by atoms with Crippen molar-refractivity contribution in [2.75, 3.05) is 19.5 Å². The molecule has 2 aromatic carbocycles. The van der Waals surface area contributed by atoms with Crippen LogP contribution in [0, 0.1) is 0 Å². The molecule has 1 aliphatic rings. The molecule has 0 amide bonds. The Labute approximate surface area is 147 Å². The van der Waals surface area contributed by atoms with Crippen molar-refractivity contribution in [3.8, 4) is 17.2 Å². The van der Waals surface area contributed by atoms with Gasteiger partial charge in [0.2, 0.25) is 0 Å². The Hall–Kier alpha value is -2.89. The van der Waals surface area contributed by atoms with Gasteiger partial charge in [-0.1, -0.05) is 12.1 Å². The van der Waals surface area contributed by atoms with E-state index >= 15 is 0 Å². The van der Waals surface area contributed by atoms with E-state index in [1.807, 2.05) is 36.4 Å². The molecular formula is C19H23N3O3. The first-order valence-corrected chi connectivity index (χ1v) is 8.17. The van der Waals surface area contributed by atoms with Crippen LogP contribution in [0.4, 0.5) is 5.69 Å². The van der Waals surface area contributed by atoms with Crippen molar-refractivity contribution < 1.29 is 14.2 Å². The van der Waals surface area contributed by atoms with Crippen LogP contribution in [-0.2, 0) is 13.0 Å². The number of guanidine groups is 1. The van der Waals surface area contributed by atoms with E-state index in [1.165, 1.54) is 0 Å². The van der Waals surface area contributed by atoms with Crippen LogP contribution in [-0.4, -0.2) is 26.3 Å². The number of nitrogens with zero attached hydrogens (tertiary/aromatic N) is 1. The van der Waals surface area contributed by atoms with E-state index in [0.717, 1.165) is 34.7 Å². The molecule has 3 N–H and O–H groups in total. The molecule has 0 fully saturated rings. The van der Waals surface area contributed by atoms with Crippen LogP contribution in [0.25, 0.3) is 0 Å². The standard InChI is InChI=1S/C19H23N3O3/c1-12-8-13-9-17(24-3)14(10-18(13)25-12)11-21-19(20)22-15-6-4-5-7-16(15)23-2/h4-7,9-10,12H,8,11H2,1-3H3,(H3,20,21,22). The Bertz CT molecular complexity index is 789. The average Bonchev–Trinajstić information content (AvgIpc) is 2.98. The maximum atomic E-state index is 6.01. The summed E-state index contributed by atoms with van der Waals surface area (Å²) in [5.74, 6) is 2.71. The number of nitrogens with two attached hydrogens (primary N) is 1. The molecule has 0 aliphatic carbocycles. The van der Waals surface area contributed by atoms with E-state index in [2.05, 4.69) is 17.2 Å². The largest absolute Gasteiger partial charge is 0.496 e. The normalized spacial score (nSPS) is 16.1. The van der Waals surface area contributed by atoms with E-state index in [1.54, 1.807) is 14.2 Å². The Balaban J connectivity index is 1.76. The number of benzene rings is 2. The number of methoxy groups -OCH3 is 2. The molecular weight excluding hydrogens is 318 g/mol. The molecule has 3 rings (SSSR count). The van der Waals surface area contributed by atoms with Gasteiger partial charge in [-0.3, -0.25) is 0 Å². The molecule has 2 aromatic rings. The van der Waals surface area contributed by atoms with E-state index in [9.17, 15) is 0 Å². The zero-order valence-electron chi connectivity index (χ0n) is 14.7. The molecule has 0 aromatic heterocycles. The van der Waals surface area contributed by atoms with Crippen LogP contribution in [0.5, 0.6) is 17.2 Å². The lowest BCUT2D eigenvalue weighted by Crippen LogP contribution is -2.23. The number of fused-ring (bicyclic) bond motifs is 1. The smallest absolute Gasteiger partial charge is 0.193 e. The second-order valence-electron chi connectivity index (χ2n) is 5.93. The Morgan fingerprint density at radius 2 is 2.00 bits per heavy atom. The molecule has 132 valence electrons. The molecule has 0 spiro atoms. The predicted octanol–water partition coefficient (Wildman–Crippen LogP) is 2.95. The van der Waals surface area contributed by atoms with Crippen molar-refractivity contribution in [3.63, 3.8) is 0 Å². The fraction of sp³-hybridized carbons (Fsp3) is 0.316. The van der Waals surface area contributed by atoms with Gasteiger partial charge in [0.1, 0.15) is 23.4 Å². The van der Waals surface area contributed by atoms with Gasteiger partial charge in [-0.2, -0.15) is 0 Å². The summed E-state index contributed by atoms with van der Waals surface area (Å²) in [6.45, 7) is 2.45. The van der Waals surface area contributed by atoms with Crippen LogP contribution in [0.3, 0.4) is 0 Å². The highest BCUT2D eigenvalue weighted by atomic mass is 16.5. The summed E-state index contributed by atoms with van der Waals surface area (Å²) in [7, 11) is 3.27. The van der Waals surface area contributed by atoms with Gasteiger partial charge in [0.25, 0.3) is 0 Å². The molecule has 0 saturated heterocycles. The molecule has 6 nitrogen and oxygen atoms in total. The maximum Gasteiger partial charge on any atom is 0.193 e. The Kier molecular flexibility index (Phi) is 4.97. The molecule has 1 heterocycles. The molecule has 1 aliphatic heterocycles. The summed E-state index contributed by atoms with van der Waals surface area (Å²) < 4.78 is 16.6. The minimum Gasteiger partial charge on any atom is -0.496 e. The van der Waals surface area contributed by atoms with Crippen molar-refractivity contribution >= 4 is 11.6 Å². The highest BCUT2D eigenvalue weighted by molar-refractivity contribution is 5.93. The quantitative estimate of drug-likeness (QED) is 0.646. The van der Waals surface area contributed by atoms with Crippen molar-refractivity contribution in [3.05, 3.63) is 47.5 Å². The van der Waals surface area contributed by atoms with E-state index in [4.69, 9.17) is 19.9 Å². The van der Waals surface area contributed by atoms with Crippen molar-refractivity contribution in [1.82, 2.24) is 0 Å². The fourth-order valence-corrected chi connectivity index (χ4v) is 2.89. The minimum absolute atomic E-state index is 0.190. The number of rotatable bonds is 5. The summed E-state index contributed by atoms with van der Waals surface area (Å²) in [6.07, 6.45) is 1.09. The topological polar surface area (TPSA) is 78.1 Å². The van der Waals surface area contributed by atoms with Crippen LogP contribution in [0.1, 0.15) is 18.1 Å². The number of para-hydroxylation sites is 2. The molecule has 0 saturated carbocycles. The van der Waals surface area contributed by atoms with Gasteiger partial charge in [0, 0.05) is 17.5 Å². The molecule has 25 heavy (non-hydrogen) atoms. The number of hydrogen-bond acceptors (Lipinski definition) is 4. The summed E-state index contributed by atoms with van der Waals surface area (Å²) in [4.78, 5) is 4.41. The first-order chi connectivity index (χ1) is 12.1. The zero-order valence-corrected chi connectivity index (χ0v) is 14.7. The third-order valence-electron chi connectivity index (χ3n) is 4.09. The predicted molar refractivity (Wildman–Crippen MR) is 98.7 cm³/mol. The minimum atomic E-state index is 0.190. The maximum absolute atomic E-state index is 6.01. The Morgan fingerprint density at radius 3 is 2.76 bits per heavy atom. The monoisotopic (exact) mass is 341 g/mol. The van der Waals surface area contributed by atoms with E-state index in [0.29, 0.717) is 18.3 Å². The van der Waals surface area contributed by atoms with Gasteiger partial charge in [0.05, 0.1) is 26.5 Å². The number of nitrogens with one attached hydrogen (secondary N) is 1. The summed E-state index contributed by atoms with van der Waals surface area (Å²) in [6, 6.07) is 11.5. The molecule has 6 heteroatoms. The van der Waals surface area contributed by atoms with Gasteiger partial charge in [0.15, 0.2) is 5.96 Å². The van der Waals surface area contributed by atoms with Gasteiger partial charge in [-0.25, -0.2) is 4.99 Å². The lowest BCUT2D eigenvalue weighted by Gasteiger charge is -2.12. The van der Waals surface area contributed by atoms with Crippen LogP contribution >= 0.6 is 0 Å². The third-order valence-corrected chi connectivity index (χ3v) is 4.09. The van der Waals surface area contributed by atoms with Crippen LogP contribution in [0.15, 0.2) is 41.4 Å². The Morgan fingerprint density at radius 1 is 1.24 bits per heavy atom. The zero-order chi connectivity index (χ0) is 17.8. The number of hydrogen-bond donors (Lipinski definition) is 2. The second kappa shape index (κ2) is 7.34. The first kappa shape index (κ1) is 17.0. The highest BCUT2D eigenvalue weighted by Gasteiger charge is 2.21. The van der Waals surface area contributed by atoms with Gasteiger partial charge < -0.3 is 25.3 Å². The van der Waals surface area contributed by atoms with E-state index in [-0.39, 0.29) is 6.10 Å². The second-order valence-corrected chi connectivity index (χ2v) is 5.93. The van der Waals surface area contributed by atoms with Crippen molar-refractivity contribution in [2.24, 2.45) is 10.7 Å². The lowest BCUT2D eigenvalue weighted by atomic mass is 10.1. The molecule has 1 atom stereocenters. The highest BCUT2D eigenvalue weighted by Crippen LogP contribution is 2.35. The third kappa shape index (κ3) is 3.79. The number of ether oxygens (including phenoxy) is 3. The first-order valence-electron chi connectivity index (χ1n) is 8.17. The lowest BCUT2D eigenvalue weighted by molar-refractivity contribution is 0.254. The number of anilines is 1. The van der Waals surface area contributed by atoms with Crippen LogP contribution < -0.4 is 25.3 Å². The summed E-state index contributed by atoms with van der Waals surface area (Å²) in [5.41, 5.74) is 8.88. The summed E-state index contributed by atoms with van der Waals surface area (Å²) >= 11 is 0. The van der Waals surface area contributed by atoms with Crippen molar-refractivity contribution in [1.29, 1.82) is 0 Å². The average molecular weight is 341 g/mol. The molecule has 0 bridgehead atoms. The van der Waals surface area contributed by atoms with Crippen LogP contribution in [0.2, 0.25) is 0 Å². The SMILES string of the molecule is COc1cc2c(cc1CN=C(N)Nc1ccccc1OC)OC(C)C2. The van der Waals surface area contributed by atoms with Gasteiger partial charge >= 0.3 is 0 Å². The number of aliphatic imine (C=N–C) groups is 1.